The average Bonchev–Trinajstić information content (AvgIpc) is 2.39. The summed E-state index contributed by atoms with van der Waals surface area (Å²) in [6, 6.07) is 3.49. The zero-order valence-corrected chi connectivity index (χ0v) is 13.7. The normalized spacial score (nSPS) is 19.3. The largest absolute Gasteiger partial charge is 0.397 e. The predicted octanol–water partition coefficient (Wildman–Crippen LogP) is 1.20. The third-order valence-electron chi connectivity index (χ3n) is 3.95. The van der Waals surface area contributed by atoms with E-state index in [4.69, 9.17) is 5.73 Å². The standard InChI is InChI=1S/C13H20N2O4S2/c1-9-3-4-12(14)13(10(9)2)15-21(18,19)11-5-7-20(16,17)8-6-11/h3-4,11,15H,5-8,14H2,1-2H3. The quantitative estimate of drug-likeness (QED) is 0.809. The molecule has 118 valence electrons. The summed E-state index contributed by atoms with van der Waals surface area (Å²) in [6.07, 6.45) is 0.255. The van der Waals surface area contributed by atoms with Gasteiger partial charge in [-0.05, 0) is 43.9 Å². The van der Waals surface area contributed by atoms with Gasteiger partial charge in [0.1, 0.15) is 9.84 Å². The number of benzene rings is 1. The Morgan fingerprint density at radius 1 is 1.19 bits per heavy atom. The maximum Gasteiger partial charge on any atom is 0.235 e. The molecule has 1 saturated heterocycles. The number of nitrogens with one attached hydrogen (secondary N) is 1. The lowest BCUT2D eigenvalue weighted by molar-refractivity contribution is 0.555. The van der Waals surface area contributed by atoms with Crippen LogP contribution in [0.1, 0.15) is 24.0 Å². The van der Waals surface area contributed by atoms with Crippen molar-refractivity contribution in [2.24, 2.45) is 0 Å². The van der Waals surface area contributed by atoms with Gasteiger partial charge in [-0.3, -0.25) is 4.72 Å². The van der Waals surface area contributed by atoms with Crippen LogP contribution in [-0.4, -0.2) is 33.6 Å². The highest BCUT2D eigenvalue weighted by atomic mass is 32.2. The first kappa shape index (κ1) is 16.1. The SMILES string of the molecule is Cc1ccc(N)c(NS(=O)(=O)C2CCS(=O)(=O)CC2)c1C. The Hall–Kier alpha value is -1.28. The molecule has 1 aliphatic rings. The third-order valence-corrected chi connectivity index (χ3v) is 7.51. The van der Waals surface area contributed by atoms with Gasteiger partial charge in [-0.25, -0.2) is 16.8 Å². The Kier molecular flexibility index (Phi) is 4.21. The molecule has 1 fully saturated rings. The van der Waals surface area contributed by atoms with E-state index in [2.05, 4.69) is 4.72 Å². The molecule has 1 heterocycles. The fourth-order valence-electron chi connectivity index (χ4n) is 2.38. The molecule has 0 saturated carbocycles. The molecule has 0 radical (unpaired) electrons. The number of nitrogens with two attached hydrogens (primary N) is 1. The first-order valence-electron chi connectivity index (χ1n) is 6.70. The third kappa shape index (κ3) is 3.49. The molecular formula is C13H20N2O4S2. The van der Waals surface area contributed by atoms with E-state index in [-0.39, 0.29) is 24.3 Å². The highest BCUT2D eigenvalue weighted by Crippen LogP contribution is 2.29. The van der Waals surface area contributed by atoms with E-state index in [1.807, 2.05) is 13.0 Å². The predicted molar refractivity (Wildman–Crippen MR) is 84.5 cm³/mol. The van der Waals surface area contributed by atoms with Crippen molar-refractivity contribution in [2.75, 3.05) is 22.0 Å². The van der Waals surface area contributed by atoms with Gasteiger partial charge in [0, 0.05) is 0 Å². The van der Waals surface area contributed by atoms with Gasteiger partial charge < -0.3 is 5.73 Å². The number of nitrogen functional groups attached to an aromatic ring is 1. The van der Waals surface area contributed by atoms with Gasteiger partial charge in [-0.1, -0.05) is 6.07 Å². The minimum Gasteiger partial charge on any atom is -0.397 e. The maximum absolute atomic E-state index is 12.4. The first-order chi connectivity index (χ1) is 9.62. The highest BCUT2D eigenvalue weighted by molar-refractivity contribution is 7.94. The van der Waals surface area contributed by atoms with Crippen molar-refractivity contribution in [3.8, 4) is 0 Å². The topological polar surface area (TPSA) is 106 Å². The summed E-state index contributed by atoms with van der Waals surface area (Å²) in [5.74, 6) is -0.165. The molecule has 2 rings (SSSR count). The molecule has 1 aliphatic heterocycles. The summed E-state index contributed by atoms with van der Waals surface area (Å²) in [5.41, 5.74) is 8.32. The lowest BCUT2D eigenvalue weighted by atomic mass is 10.1. The Labute approximate surface area is 125 Å². The molecule has 0 aliphatic carbocycles. The van der Waals surface area contributed by atoms with E-state index in [0.29, 0.717) is 11.4 Å². The molecule has 0 aromatic heterocycles. The number of rotatable bonds is 3. The number of sulfonamides is 1. The van der Waals surface area contributed by atoms with E-state index >= 15 is 0 Å². The van der Waals surface area contributed by atoms with Gasteiger partial charge >= 0.3 is 0 Å². The van der Waals surface area contributed by atoms with Crippen LogP contribution in [0.25, 0.3) is 0 Å². The molecule has 0 amide bonds. The molecule has 0 unspecified atom stereocenters. The van der Waals surface area contributed by atoms with Crippen molar-refractivity contribution in [1.29, 1.82) is 0 Å². The molecule has 0 spiro atoms. The van der Waals surface area contributed by atoms with E-state index in [0.717, 1.165) is 11.1 Å². The van der Waals surface area contributed by atoms with Crippen LogP contribution in [0, 0.1) is 13.8 Å². The fraction of sp³-hybridized carbons (Fsp3) is 0.538. The monoisotopic (exact) mass is 332 g/mol. The Balaban J connectivity index is 2.25. The second-order valence-corrected chi connectivity index (χ2v) is 9.73. The Morgan fingerprint density at radius 3 is 2.33 bits per heavy atom. The summed E-state index contributed by atoms with van der Waals surface area (Å²) in [7, 11) is -6.73. The number of aryl methyl sites for hydroxylation is 1. The molecule has 8 heteroatoms. The minimum absolute atomic E-state index is 0.0825. The number of hydrogen-bond acceptors (Lipinski definition) is 5. The summed E-state index contributed by atoms with van der Waals surface area (Å²) in [4.78, 5) is 0. The van der Waals surface area contributed by atoms with Gasteiger partial charge in [-0.2, -0.15) is 0 Å². The first-order valence-corrected chi connectivity index (χ1v) is 10.1. The van der Waals surface area contributed by atoms with E-state index in [1.165, 1.54) is 0 Å². The minimum atomic E-state index is -3.64. The zero-order valence-electron chi connectivity index (χ0n) is 12.1. The van der Waals surface area contributed by atoms with Gasteiger partial charge in [0.15, 0.2) is 0 Å². The van der Waals surface area contributed by atoms with E-state index < -0.39 is 25.1 Å². The summed E-state index contributed by atoms with van der Waals surface area (Å²) >= 11 is 0. The number of anilines is 2. The van der Waals surface area contributed by atoms with Gasteiger partial charge in [0.2, 0.25) is 10.0 Å². The fourth-order valence-corrected chi connectivity index (χ4v) is 5.74. The van der Waals surface area contributed by atoms with Crippen LogP contribution < -0.4 is 10.5 Å². The van der Waals surface area contributed by atoms with Crippen LogP contribution in [0.2, 0.25) is 0 Å². The molecule has 0 atom stereocenters. The molecule has 3 N–H and O–H groups in total. The summed E-state index contributed by atoms with van der Waals surface area (Å²) in [6.45, 7) is 3.68. The van der Waals surface area contributed by atoms with Crippen LogP contribution in [0.4, 0.5) is 11.4 Å². The van der Waals surface area contributed by atoms with Crippen LogP contribution in [0.15, 0.2) is 12.1 Å². The zero-order chi connectivity index (χ0) is 15.8. The smallest absolute Gasteiger partial charge is 0.235 e. The number of hydrogen-bond donors (Lipinski definition) is 2. The Bertz CT molecular complexity index is 741. The Morgan fingerprint density at radius 2 is 1.76 bits per heavy atom. The molecular weight excluding hydrogens is 312 g/mol. The molecule has 1 aromatic carbocycles. The van der Waals surface area contributed by atoms with Crippen LogP contribution >= 0.6 is 0 Å². The van der Waals surface area contributed by atoms with Crippen LogP contribution in [0.3, 0.4) is 0 Å². The van der Waals surface area contributed by atoms with Crippen molar-refractivity contribution in [1.82, 2.24) is 0 Å². The van der Waals surface area contributed by atoms with Crippen molar-refractivity contribution < 1.29 is 16.8 Å². The second-order valence-electron chi connectivity index (χ2n) is 5.47. The summed E-state index contributed by atoms with van der Waals surface area (Å²) < 4.78 is 50.2. The average molecular weight is 332 g/mol. The van der Waals surface area contributed by atoms with Crippen LogP contribution in [-0.2, 0) is 19.9 Å². The van der Waals surface area contributed by atoms with Crippen molar-refractivity contribution >= 4 is 31.2 Å². The van der Waals surface area contributed by atoms with Crippen LogP contribution in [0.5, 0.6) is 0 Å². The van der Waals surface area contributed by atoms with E-state index in [1.54, 1.807) is 13.0 Å². The van der Waals surface area contributed by atoms with Gasteiger partial charge in [0.05, 0.1) is 28.1 Å². The molecule has 21 heavy (non-hydrogen) atoms. The number of sulfone groups is 1. The molecule has 0 bridgehead atoms. The van der Waals surface area contributed by atoms with Gasteiger partial charge in [0.25, 0.3) is 0 Å². The highest BCUT2D eigenvalue weighted by Gasteiger charge is 2.33. The van der Waals surface area contributed by atoms with Gasteiger partial charge in [-0.15, -0.1) is 0 Å². The lowest BCUT2D eigenvalue weighted by Crippen LogP contribution is -2.36. The van der Waals surface area contributed by atoms with E-state index in [9.17, 15) is 16.8 Å². The second kappa shape index (κ2) is 5.49. The van der Waals surface area contributed by atoms with Crippen molar-refractivity contribution in [3.63, 3.8) is 0 Å². The molecule has 6 nitrogen and oxygen atoms in total. The molecule has 1 aromatic rings. The lowest BCUT2D eigenvalue weighted by Gasteiger charge is -2.24. The summed E-state index contributed by atoms with van der Waals surface area (Å²) in [5, 5.41) is -0.694. The van der Waals surface area contributed by atoms with Crippen molar-refractivity contribution in [3.05, 3.63) is 23.3 Å². The maximum atomic E-state index is 12.4. The van der Waals surface area contributed by atoms with Crippen molar-refractivity contribution in [2.45, 2.75) is 31.9 Å².